The van der Waals surface area contributed by atoms with Crippen molar-refractivity contribution in [3.63, 3.8) is 0 Å². The third-order valence-electron chi connectivity index (χ3n) is 4.16. The van der Waals surface area contributed by atoms with Gasteiger partial charge in [-0.2, -0.15) is 17.4 Å². The molecule has 1 aromatic carbocycles. The molecule has 0 bridgehead atoms. The lowest BCUT2D eigenvalue weighted by Crippen LogP contribution is -2.58. The summed E-state index contributed by atoms with van der Waals surface area (Å²) in [5, 5.41) is 4.99. The number of hydrogen-bond donors (Lipinski definition) is 2. The molecule has 28 heavy (non-hydrogen) atoms. The van der Waals surface area contributed by atoms with Crippen LogP contribution in [0.4, 0.5) is 10.1 Å². The second-order valence-electron chi connectivity index (χ2n) is 6.02. The maximum Gasteiger partial charge on any atom is 0.280 e. The molecule has 0 spiro atoms. The van der Waals surface area contributed by atoms with Crippen molar-refractivity contribution < 1.29 is 22.3 Å². The Morgan fingerprint density at radius 2 is 2.32 bits per heavy atom. The number of nitrogens with zero attached hydrogens (tertiary/aromatic N) is 2. The molecular formula is C16H18BrFN4O4S2. The largest absolute Gasteiger partial charge is 0.383 e. The van der Waals surface area contributed by atoms with E-state index in [1.54, 1.807) is 11.6 Å². The van der Waals surface area contributed by atoms with Crippen molar-refractivity contribution in [2.45, 2.75) is 18.5 Å². The van der Waals surface area contributed by atoms with Crippen LogP contribution in [-0.2, 0) is 19.7 Å². The van der Waals surface area contributed by atoms with Crippen molar-refractivity contribution in [3.05, 3.63) is 45.1 Å². The molecule has 1 aromatic heterocycles. The number of aromatic nitrogens is 1. The Kier molecular flexibility index (Phi) is 6.78. The normalized spacial score (nSPS) is 22.1. The molecule has 1 saturated heterocycles. The van der Waals surface area contributed by atoms with Crippen LogP contribution in [0.2, 0.25) is 0 Å². The van der Waals surface area contributed by atoms with Gasteiger partial charge >= 0.3 is 0 Å². The first-order valence-corrected chi connectivity index (χ1v) is 11.4. The average molecular weight is 493 g/mol. The molecular weight excluding hydrogens is 475 g/mol. The van der Waals surface area contributed by atoms with Crippen LogP contribution in [0.5, 0.6) is 0 Å². The van der Waals surface area contributed by atoms with Crippen LogP contribution >= 0.6 is 27.3 Å². The predicted octanol–water partition coefficient (Wildman–Crippen LogP) is 2.28. The quantitative estimate of drug-likeness (QED) is 0.644. The topological polar surface area (TPSA) is 101 Å². The Labute approximate surface area is 174 Å². The lowest BCUT2D eigenvalue weighted by atomic mass is 10.1. The molecule has 2 aromatic rings. The van der Waals surface area contributed by atoms with E-state index in [0.717, 1.165) is 4.31 Å². The van der Waals surface area contributed by atoms with Gasteiger partial charge in [0.25, 0.3) is 10.2 Å². The van der Waals surface area contributed by atoms with Gasteiger partial charge in [-0.25, -0.2) is 9.37 Å². The lowest BCUT2D eigenvalue weighted by Gasteiger charge is -2.37. The summed E-state index contributed by atoms with van der Waals surface area (Å²) in [7, 11) is -2.48. The van der Waals surface area contributed by atoms with Crippen LogP contribution in [0.25, 0.3) is 0 Å². The first kappa shape index (κ1) is 21.3. The minimum Gasteiger partial charge on any atom is -0.383 e. The summed E-state index contributed by atoms with van der Waals surface area (Å²) in [5.74, 6) is -0.978. The van der Waals surface area contributed by atoms with E-state index >= 15 is 0 Å². The molecule has 2 atom stereocenters. The van der Waals surface area contributed by atoms with Crippen LogP contribution in [0.15, 0.2) is 34.2 Å². The number of benzene rings is 1. The van der Waals surface area contributed by atoms with Crippen molar-refractivity contribution >= 4 is 49.1 Å². The molecule has 0 aliphatic carbocycles. The van der Waals surface area contributed by atoms with Crippen molar-refractivity contribution in [1.82, 2.24) is 14.0 Å². The molecule has 12 heteroatoms. The lowest BCUT2D eigenvalue weighted by molar-refractivity contribution is -0.120. The fourth-order valence-corrected chi connectivity index (χ4v) is 5.55. The molecule has 1 aliphatic heterocycles. The number of carbonyl (C=O) groups excluding carboxylic acids is 1. The Balaban J connectivity index is 1.87. The van der Waals surface area contributed by atoms with E-state index in [4.69, 9.17) is 4.74 Å². The highest BCUT2D eigenvalue weighted by Gasteiger charge is 2.43. The minimum atomic E-state index is -3.93. The highest BCUT2D eigenvalue weighted by molar-refractivity contribution is 9.10. The maximum atomic E-state index is 13.4. The second kappa shape index (κ2) is 8.93. The van der Waals surface area contributed by atoms with E-state index in [0.29, 0.717) is 10.7 Å². The van der Waals surface area contributed by atoms with Crippen LogP contribution in [0.3, 0.4) is 0 Å². The molecule has 3 rings (SSSR count). The zero-order valence-electron chi connectivity index (χ0n) is 14.8. The molecule has 0 unspecified atom stereocenters. The van der Waals surface area contributed by atoms with Crippen molar-refractivity contribution in [2.24, 2.45) is 0 Å². The van der Waals surface area contributed by atoms with E-state index in [2.05, 4.69) is 31.0 Å². The first-order valence-electron chi connectivity index (χ1n) is 8.25. The molecule has 2 N–H and O–H groups in total. The van der Waals surface area contributed by atoms with E-state index in [1.807, 2.05) is 0 Å². The van der Waals surface area contributed by atoms with Gasteiger partial charge in [-0.05, 0) is 40.5 Å². The van der Waals surface area contributed by atoms with Crippen LogP contribution in [0, 0.1) is 5.82 Å². The fourth-order valence-electron chi connectivity index (χ4n) is 2.86. The van der Waals surface area contributed by atoms with E-state index < -0.39 is 34.0 Å². The Morgan fingerprint density at radius 3 is 2.96 bits per heavy atom. The van der Waals surface area contributed by atoms with Gasteiger partial charge in [0.15, 0.2) is 0 Å². The number of thiazole rings is 1. The minimum absolute atomic E-state index is 0.0155. The Bertz CT molecular complexity index is 942. The molecule has 1 amide bonds. The molecule has 0 radical (unpaired) electrons. The summed E-state index contributed by atoms with van der Waals surface area (Å²) in [6.07, 6.45) is 1.78. The number of anilines is 1. The van der Waals surface area contributed by atoms with Gasteiger partial charge in [0.2, 0.25) is 5.91 Å². The predicted molar refractivity (Wildman–Crippen MR) is 107 cm³/mol. The summed E-state index contributed by atoms with van der Waals surface area (Å²) in [5.41, 5.74) is 0.353. The van der Waals surface area contributed by atoms with Crippen LogP contribution in [0.1, 0.15) is 17.5 Å². The molecule has 2 heterocycles. The average Bonchev–Trinajstić information content (AvgIpc) is 3.17. The van der Waals surface area contributed by atoms with Gasteiger partial charge in [-0.3, -0.25) is 4.79 Å². The summed E-state index contributed by atoms with van der Waals surface area (Å²) < 4.78 is 47.8. The van der Waals surface area contributed by atoms with Crippen molar-refractivity contribution in [3.8, 4) is 0 Å². The van der Waals surface area contributed by atoms with E-state index in [1.165, 1.54) is 36.6 Å². The first-order chi connectivity index (χ1) is 13.3. The summed E-state index contributed by atoms with van der Waals surface area (Å²) >= 11 is 4.38. The second-order valence-corrected chi connectivity index (χ2v) is 9.45. The van der Waals surface area contributed by atoms with Gasteiger partial charge < -0.3 is 10.1 Å². The Hall–Kier alpha value is -1.44. The number of hydrogen-bond acceptors (Lipinski definition) is 6. The smallest absolute Gasteiger partial charge is 0.280 e. The number of halogens is 2. The zero-order valence-corrected chi connectivity index (χ0v) is 18.0. The van der Waals surface area contributed by atoms with Crippen LogP contribution in [-0.4, -0.2) is 49.9 Å². The SMILES string of the molecule is COCCN1[C@H](C(=O)Nc2ccc(F)c(Br)c2)C[C@H](c2nccs2)NS1(=O)=O. The van der Waals surface area contributed by atoms with Crippen molar-refractivity contribution in [1.29, 1.82) is 0 Å². The number of methoxy groups -OCH3 is 1. The van der Waals surface area contributed by atoms with Gasteiger partial charge in [-0.1, -0.05) is 0 Å². The van der Waals surface area contributed by atoms with E-state index in [-0.39, 0.29) is 24.0 Å². The standard InChI is InChI=1S/C16H18BrFN4O4S2/c1-26-6-5-22-14(15(23)20-10-2-3-12(18)11(17)8-10)9-13(21-28(22,24)25)16-19-4-7-27-16/h2-4,7-8,13-14,21H,5-6,9H2,1H3,(H,20,23)/t13-,14+/m1/s1. The molecule has 1 fully saturated rings. The maximum absolute atomic E-state index is 13.4. The molecule has 152 valence electrons. The number of amides is 1. The van der Waals surface area contributed by atoms with Gasteiger partial charge in [-0.15, -0.1) is 11.3 Å². The number of nitrogens with one attached hydrogen (secondary N) is 2. The third kappa shape index (κ3) is 4.75. The fraction of sp³-hybridized carbons (Fsp3) is 0.375. The molecule has 8 nitrogen and oxygen atoms in total. The summed E-state index contributed by atoms with van der Waals surface area (Å²) in [6.45, 7) is 0.149. The van der Waals surface area contributed by atoms with Gasteiger partial charge in [0.05, 0.1) is 17.1 Å². The van der Waals surface area contributed by atoms with Gasteiger partial charge in [0.1, 0.15) is 16.9 Å². The van der Waals surface area contributed by atoms with Gasteiger partial charge in [0, 0.05) is 30.9 Å². The highest BCUT2D eigenvalue weighted by Crippen LogP contribution is 2.30. The molecule has 1 aliphatic rings. The number of rotatable bonds is 6. The van der Waals surface area contributed by atoms with E-state index in [9.17, 15) is 17.6 Å². The highest BCUT2D eigenvalue weighted by atomic mass is 79.9. The zero-order chi connectivity index (χ0) is 20.3. The van der Waals surface area contributed by atoms with Crippen LogP contribution < -0.4 is 10.0 Å². The number of ether oxygens (including phenoxy) is 1. The molecule has 0 saturated carbocycles. The van der Waals surface area contributed by atoms with Crippen molar-refractivity contribution in [2.75, 3.05) is 25.6 Å². The monoisotopic (exact) mass is 492 g/mol. The number of carbonyl (C=O) groups is 1. The Morgan fingerprint density at radius 1 is 1.54 bits per heavy atom. The summed E-state index contributed by atoms with van der Waals surface area (Å²) in [4.78, 5) is 17.1. The summed E-state index contributed by atoms with van der Waals surface area (Å²) in [6, 6.07) is 2.45. The third-order valence-corrected chi connectivity index (χ3v) is 7.30.